The molecule has 0 bridgehead atoms. The number of aliphatic carboxylic acids is 1. The van der Waals surface area contributed by atoms with Crippen molar-refractivity contribution in [3.63, 3.8) is 0 Å². The number of hydrogen-bond acceptors (Lipinski definition) is 3. The van der Waals surface area contributed by atoms with Crippen LogP contribution in [0.25, 0.3) is 5.65 Å². The number of aromatic nitrogens is 3. The summed E-state index contributed by atoms with van der Waals surface area (Å²) in [7, 11) is 0. The summed E-state index contributed by atoms with van der Waals surface area (Å²) in [6.45, 7) is 2.04. The molecule has 0 unspecified atom stereocenters. The second-order valence-corrected chi connectivity index (χ2v) is 3.63. The standard InChI is InChI=1S/C11H13N3O2/c1-2-8-5-12-7-14-6-9(13-11(8)14)3-4-10(15)16/h5-7H,2-4H2,1H3,(H,15,16). The third-order valence-corrected chi connectivity index (χ3v) is 2.47. The number of rotatable bonds is 4. The largest absolute Gasteiger partial charge is 0.481 e. The van der Waals surface area contributed by atoms with Crippen LogP contribution in [0, 0.1) is 0 Å². The van der Waals surface area contributed by atoms with Gasteiger partial charge >= 0.3 is 5.97 Å². The molecule has 0 aliphatic heterocycles. The van der Waals surface area contributed by atoms with Crippen molar-refractivity contribution in [3.8, 4) is 0 Å². The van der Waals surface area contributed by atoms with Gasteiger partial charge in [0, 0.05) is 24.4 Å². The predicted octanol–water partition coefficient (Wildman–Crippen LogP) is 1.31. The molecule has 1 N–H and O–H groups in total. The lowest BCUT2D eigenvalue weighted by Gasteiger charge is -1.97. The number of imidazole rings is 1. The van der Waals surface area contributed by atoms with E-state index in [0.29, 0.717) is 6.42 Å². The van der Waals surface area contributed by atoms with Crippen LogP contribution < -0.4 is 0 Å². The van der Waals surface area contributed by atoms with Crippen LogP contribution in [0.2, 0.25) is 0 Å². The van der Waals surface area contributed by atoms with Crippen LogP contribution in [0.1, 0.15) is 24.6 Å². The van der Waals surface area contributed by atoms with Crippen molar-refractivity contribution >= 4 is 11.6 Å². The zero-order valence-electron chi connectivity index (χ0n) is 9.05. The molecule has 0 saturated carbocycles. The number of fused-ring (bicyclic) bond motifs is 1. The van der Waals surface area contributed by atoms with Crippen molar-refractivity contribution in [1.82, 2.24) is 14.4 Å². The topological polar surface area (TPSA) is 67.5 Å². The molecule has 0 amide bonds. The molecule has 2 aromatic heterocycles. The van der Waals surface area contributed by atoms with Crippen molar-refractivity contribution in [3.05, 3.63) is 30.0 Å². The van der Waals surface area contributed by atoms with E-state index in [4.69, 9.17) is 5.11 Å². The van der Waals surface area contributed by atoms with E-state index in [0.717, 1.165) is 23.3 Å². The van der Waals surface area contributed by atoms with Gasteiger partial charge in [-0.2, -0.15) is 0 Å². The molecule has 0 saturated heterocycles. The Kier molecular flexibility index (Phi) is 2.85. The molecule has 84 valence electrons. The first-order chi connectivity index (χ1) is 7.70. The van der Waals surface area contributed by atoms with Gasteiger partial charge in [0.25, 0.3) is 0 Å². The van der Waals surface area contributed by atoms with E-state index in [1.54, 1.807) is 12.5 Å². The first kappa shape index (κ1) is 10.6. The molecule has 0 aliphatic carbocycles. The van der Waals surface area contributed by atoms with Gasteiger partial charge < -0.3 is 5.11 Å². The summed E-state index contributed by atoms with van der Waals surface area (Å²) in [5.74, 6) is -0.800. The predicted molar refractivity (Wildman–Crippen MR) is 58.3 cm³/mol. The third kappa shape index (κ3) is 2.03. The van der Waals surface area contributed by atoms with Gasteiger partial charge in [0.15, 0.2) is 0 Å². The SMILES string of the molecule is CCc1cncn2cc(CCC(=O)O)nc12. The summed E-state index contributed by atoms with van der Waals surface area (Å²) >= 11 is 0. The van der Waals surface area contributed by atoms with Crippen LogP contribution in [0.4, 0.5) is 0 Å². The highest BCUT2D eigenvalue weighted by Crippen LogP contribution is 2.11. The molecule has 0 spiro atoms. The fraction of sp³-hybridized carbons (Fsp3) is 0.364. The maximum absolute atomic E-state index is 10.5. The Bertz CT molecular complexity index is 519. The first-order valence-corrected chi connectivity index (χ1v) is 5.23. The minimum absolute atomic E-state index is 0.110. The summed E-state index contributed by atoms with van der Waals surface area (Å²) < 4.78 is 1.84. The molecule has 2 aromatic rings. The number of nitrogens with zero attached hydrogens (tertiary/aromatic N) is 3. The summed E-state index contributed by atoms with van der Waals surface area (Å²) in [4.78, 5) is 19.0. The maximum Gasteiger partial charge on any atom is 0.303 e. The van der Waals surface area contributed by atoms with Crippen LogP contribution in [0.15, 0.2) is 18.7 Å². The Morgan fingerprint density at radius 2 is 2.38 bits per heavy atom. The fourth-order valence-corrected chi connectivity index (χ4v) is 1.63. The zero-order valence-corrected chi connectivity index (χ0v) is 9.05. The van der Waals surface area contributed by atoms with Gasteiger partial charge in [0.1, 0.15) is 12.0 Å². The monoisotopic (exact) mass is 219 g/mol. The van der Waals surface area contributed by atoms with Gasteiger partial charge in [0.2, 0.25) is 0 Å². The van der Waals surface area contributed by atoms with Crippen LogP contribution in [-0.4, -0.2) is 25.4 Å². The summed E-state index contributed by atoms with van der Waals surface area (Å²) in [6.07, 6.45) is 6.76. The van der Waals surface area contributed by atoms with E-state index in [-0.39, 0.29) is 6.42 Å². The molecule has 0 radical (unpaired) electrons. The van der Waals surface area contributed by atoms with Crippen molar-refractivity contribution in [2.75, 3.05) is 0 Å². The van der Waals surface area contributed by atoms with Gasteiger partial charge in [-0.25, -0.2) is 9.97 Å². The molecule has 0 aromatic carbocycles. The quantitative estimate of drug-likeness (QED) is 0.841. The van der Waals surface area contributed by atoms with Gasteiger partial charge in [-0.1, -0.05) is 6.92 Å². The number of carbonyl (C=O) groups is 1. The van der Waals surface area contributed by atoms with E-state index in [9.17, 15) is 4.79 Å². The molecule has 2 heterocycles. The Balaban J connectivity index is 2.32. The summed E-state index contributed by atoms with van der Waals surface area (Å²) in [5, 5.41) is 8.60. The van der Waals surface area contributed by atoms with E-state index in [1.165, 1.54) is 0 Å². The van der Waals surface area contributed by atoms with Gasteiger partial charge in [-0.05, 0) is 6.42 Å². The van der Waals surface area contributed by atoms with E-state index >= 15 is 0 Å². The molecular formula is C11H13N3O2. The highest BCUT2D eigenvalue weighted by atomic mass is 16.4. The molecule has 5 heteroatoms. The van der Waals surface area contributed by atoms with Gasteiger partial charge in [-0.3, -0.25) is 9.20 Å². The minimum atomic E-state index is -0.800. The van der Waals surface area contributed by atoms with Gasteiger partial charge in [0.05, 0.1) is 12.1 Å². The fourth-order valence-electron chi connectivity index (χ4n) is 1.63. The highest BCUT2D eigenvalue weighted by molar-refractivity contribution is 5.67. The van der Waals surface area contributed by atoms with Crippen molar-refractivity contribution in [1.29, 1.82) is 0 Å². The zero-order chi connectivity index (χ0) is 11.5. The smallest absolute Gasteiger partial charge is 0.303 e. The van der Waals surface area contributed by atoms with E-state index < -0.39 is 5.97 Å². The van der Waals surface area contributed by atoms with Crippen LogP contribution in [0.5, 0.6) is 0 Å². The Hall–Kier alpha value is -1.91. The maximum atomic E-state index is 10.5. The number of aryl methyl sites for hydroxylation is 2. The Labute approximate surface area is 92.8 Å². The molecule has 0 fully saturated rings. The average molecular weight is 219 g/mol. The number of carboxylic acids is 1. The van der Waals surface area contributed by atoms with Crippen molar-refractivity contribution in [2.45, 2.75) is 26.2 Å². The van der Waals surface area contributed by atoms with Crippen molar-refractivity contribution in [2.24, 2.45) is 0 Å². The summed E-state index contributed by atoms with van der Waals surface area (Å²) in [5.41, 5.74) is 2.74. The molecule has 0 aliphatic rings. The lowest BCUT2D eigenvalue weighted by atomic mass is 10.2. The third-order valence-electron chi connectivity index (χ3n) is 2.47. The molecule has 5 nitrogen and oxygen atoms in total. The lowest BCUT2D eigenvalue weighted by molar-refractivity contribution is -0.136. The molecule has 0 atom stereocenters. The van der Waals surface area contributed by atoms with Crippen molar-refractivity contribution < 1.29 is 9.90 Å². The molecule has 16 heavy (non-hydrogen) atoms. The van der Waals surface area contributed by atoms with E-state index in [2.05, 4.69) is 9.97 Å². The first-order valence-electron chi connectivity index (χ1n) is 5.23. The molecule has 2 rings (SSSR count). The average Bonchev–Trinajstić information content (AvgIpc) is 2.68. The number of hydrogen-bond donors (Lipinski definition) is 1. The van der Waals surface area contributed by atoms with Crippen LogP contribution in [0.3, 0.4) is 0 Å². The minimum Gasteiger partial charge on any atom is -0.481 e. The Morgan fingerprint density at radius 1 is 1.56 bits per heavy atom. The van der Waals surface area contributed by atoms with E-state index in [1.807, 2.05) is 17.5 Å². The normalized spacial score (nSPS) is 10.8. The molecular weight excluding hydrogens is 206 g/mol. The van der Waals surface area contributed by atoms with Gasteiger partial charge in [-0.15, -0.1) is 0 Å². The summed E-state index contributed by atoms with van der Waals surface area (Å²) in [6, 6.07) is 0. The second-order valence-electron chi connectivity index (χ2n) is 3.63. The lowest BCUT2D eigenvalue weighted by Crippen LogP contribution is -1.97. The van der Waals surface area contributed by atoms with Crippen LogP contribution >= 0.6 is 0 Å². The van der Waals surface area contributed by atoms with Crippen LogP contribution in [-0.2, 0) is 17.6 Å². The second kappa shape index (κ2) is 4.30. The Morgan fingerprint density at radius 3 is 3.06 bits per heavy atom. The highest BCUT2D eigenvalue weighted by Gasteiger charge is 2.07. The number of carboxylic acid groups (broad SMARTS) is 1.